The first-order valence-corrected chi connectivity index (χ1v) is 4.85. The van der Waals surface area contributed by atoms with Gasteiger partial charge < -0.3 is 14.8 Å². The molecule has 0 aromatic heterocycles. The van der Waals surface area contributed by atoms with Crippen LogP contribution in [-0.2, 0) is 4.74 Å². The fraction of sp³-hybridized carbons (Fsp3) is 0.455. The largest absolute Gasteiger partial charge is 0.497 e. The number of benzene rings is 1. The molecule has 0 radical (unpaired) electrons. The fourth-order valence-electron chi connectivity index (χ4n) is 1.62. The molecule has 3 nitrogen and oxygen atoms in total. The van der Waals surface area contributed by atoms with Crippen LogP contribution in [0.4, 0.5) is 0 Å². The minimum Gasteiger partial charge on any atom is -0.497 e. The maximum atomic E-state index is 5.40. The van der Waals surface area contributed by atoms with E-state index < -0.39 is 0 Å². The van der Waals surface area contributed by atoms with E-state index in [4.69, 9.17) is 9.47 Å². The zero-order valence-corrected chi connectivity index (χ0v) is 8.32. The van der Waals surface area contributed by atoms with Crippen LogP contribution in [0.3, 0.4) is 0 Å². The number of hydrogen-bond acceptors (Lipinski definition) is 3. The van der Waals surface area contributed by atoms with E-state index in [1.54, 1.807) is 7.11 Å². The first-order valence-electron chi connectivity index (χ1n) is 4.85. The number of rotatable bonds is 2. The Balaban J connectivity index is 2.07. The van der Waals surface area contributed by atoms with E-state index in [1.807, 2.05) is 12.1 Å². The number of hydrogen-bond donors (Lipinski definition) is 1. The summed E-state index contributed by atoms with van der Waals surface area (Å²) in [6, 6.07) is 8.43. The molecule has 0 spiro atoms. The molecule has 1 N–H and O–H groups in total. The van der Waals surface area contributed by atoms with E-state index >= 15 is 0 Å². The van der Waals surface area contributed by atoms with Crippen molar-refractivity contribution >= 4 is 0 Å². The summed E-state index contributed by atoms with van der Waals surface area (Å²) in [6.45, 7) is 2.50. The minimum absolute atomic E-state index is 0.328. The second-order valence-electron chi connectivity index (χ2n) is 3.35. The molecule has 1 heterocycles. The molecule has 0 saturated carbocycles. The summed E-state index contributed by atoms with van der Waals surface area (Å²) >= 11 is 0. The van der Waals surface area contributed by atoms with Crippen LogP contribution in [0.25, 0.3) is 0 Å². The minimum atomic E-state index is 0.328. The molecule has 1 saturated heterocycles. The molecule has 1 atom stereocenters. The topological polar surface area (TPSA) is 30.5 Å². The van der Waals surface area contributed by atoms with Crippen molar-refractivity contribution in [2.24, 2.45) is 0 Å². The summed E-state index contributed by atoms with van der Waals surface area (Å²) < 4.78 is 10.5. The summed E-state index contributed by atoms with van der Waals surface area (Å²) in [6.07, 6.45) is 0. The van der Waals surface area contributed by atoms with Gasteiger partial charge in [-0.3, -0.25) is 0 Å². The molecular weight excluding hydrogens is 178 g/mol. The summed E-state index contributed by atoms with van der Waals surface area (Å²) in [5.74, 6) is 0.894. The highest BCUT2D eigenvalue weighted by Crippen LogP contribution is 2.19. The van der Waals surface area contributed by atoms with Gasteiger partial charge in [0.2, 0.25) is 0 Å². The van der Waals surface area contributed by atoms with Crippen molar-refractivity contribution < 1.29 is 9.47 Å². The number of nitrogens with one attached hydrogen (secondary N) is 1. The van der Waals surface area contributed by atoms with Crippen molar-refractivity contribution in [1.82, 2.24) is 5.32 Å². The SMILES string of the molecule is COc1ccc([C@H]2COCCN2)cc1. The second-order valence-corrected chi connectivity index (χ2v) is 3.35. The molecule has 0 unspecified atom stereocenters. The predicted octanol–water partition coefficient (Wildman–Crippen LogP) is 1.36. The molecule has 76 valence electrons. The van der Waals surface area contributed by atoms with Crippen molar-refractivity contribution in [2.75, 3.05) is 26.9 Å². The third-order valence-electron chi connectivity index (χ3n) is 2.44. The van der Waals surface area contributed by atoms with Gasteiger partial charge in [-0.1, -0.05) is 12.1 Å². The highest BCUT2D eigenvalue weighted by atomic mass is 16.5. The number of methoxy groups -OCH3 is 1. The Hall–Kier alpha value is -1.06. The van der Waals surface area contributed by atoms with Gasteiger partial charge >= 0.3 is 0 Å². The maximum absolute atomic E-state index is 5.40. The summed E-state index contributed by atoms with van der Waals surface area (Å²) in [4.78, 5) is 0. The van der Waals surface area contributed by atoms with Gasteiger partial charge in [0.05, 0.1) is 26.4 Å². The van der Waals surface area contributed by atoms with Gasteiger partial charge in [-0.25, -0.2) is 0 Å². The Kier molecular flexibility index (Phi) is 3.01. The van der Waals surface area contributed by atoms with Crippen LogP contribution in [-0.4, -0.2) is 26.9 Å². The summed E-state index contributed by atoms with van der Waals surface area (Å²) in [5.41, 5.74) is 1.26. The fourth-order valence-corrected chi connectivity index (χ4v) is 1.62. The average molecular weight is 193 g/mol. The van der Waals surface area contributed by atoms with Crippen LogP contribution in [0, 0.1) is 0 Å². The Morgan fingerprint density at radius 3 is 2.71 bits per heavy atom. The van der Waals surface area contributed by atoms with Crippen molar-refractivity contribution in [3.63, 3.8) is 0 Å². The molecule has 0 amide bonds. The van der Waals surface area contributed by atoms with Crippen LogP contribution in [0.1, 0.15) is 11.6 Å². The first kappa shape index (κ1) is 9.49. The molecule has 1 aromatic carbocycles. The average Bonchev–Trinajstić information content (AvgIpc) is 2.30. The normalized spacial score (nSPS) is 21.9. The van der Waals surface area contributed by atoms with Gasteiger partial charge in [0, 0.05) is 6.54 Å². The molecular formula is C11H15NO2. The van der Waals surface area contributed by atoms with E-state index in [1.165, 1.54) is 5.56 Å². The van der Waals surface area contributed by atoms with E-state index in [9.17, 15) is 0 Å². The Labute approximate surface area is 84.0 Å². The number of ether oxygens (including phenoxy) is 2. The van der Waals surface area contributed by atoms with Crippen molar-refractivity contribution in [3.8, 4) is 5.75 Å². The maximum Gasteiger partial charge on any atom is 0.118 e. The number of morpholine rings is 1. The van der Waals surface area contributed by atoms with E-state index in [0.29, 0.717) is 6.04 Å². The molecule has 0 aliphatic carbocycles. The third kappa shape index (κ3) is 2.05. The van der Waals surface area contributed by atoms with Crippen LogP contribution in [0.15, 0.2) is 24.3 Å². The van der Waals surface area contributed by atoms with Gasteiger partial charge in [0.1, 0.15) is 5.75 Å². The lowest BCUT2D eigenvalue weighted by atomic mass is 10.1. The first-order chi connectivity index (χ1) is 6.90. The third-order valence-corrected chi connectivity index (χ3v) is 2.44. The molecule has 1 aliphatic heterocycles. The smallest absolute Gasteiger partial charge is 0.118 e. The van der Waals surface area contributed by atoms with Crippen molar-refractivity contribution in [2.45, 2.75) is 6.04 Å². The van der Waals surface area contributed by atoms with Crippen LogP contribution in [0.5, 0.6) is 5.75 Å². The summed E-state index contributed by atoms with van der Waals surface area (Å²) in [7, 11) is 1.68. The Bertz CT molecular complexity index is 278. The lowest BCUT2D eigenvalue weighted by Gasteiger charge is -2.24. The highest BCUT2D eigenvalue weighted by Gasteiger charge is 2.14. The molecule has 1 aliphatic rings. The Morgan fingerprint density at radius 2 is 2.14 bits per heavy atom. The Morgan fingerprint density at radius 1 is 1.36 bits per heavy atom. The van der Waals surface area contributed by atoms with Crippen molar-refractivity contribution in [1.29, 1.82) is 0 Å². The highest BCUT2D eigenvalue weighted by molar-refractivity contribution is 5.29. The lowest BCUT2D eigenvalue weighted by Crippen LogP contribution is -2.34. The molecule has 2 rings (SSSR count). The van der Waals surface area contributed by atoms with Gasteiger partial charge in [-0.15, -0.1) is 0 Å². The van der Waals surface area contributed by atoms with Crippen LogP contribution in [0.2, 0.25) is 0 Å². The van der Waals surface area contributed by atoms with Crippen LogP contribution >= 0.6 is 0 Å². The van der Waals surface area contributed by atoms with Gasteiger partial charge in [0.25, 0.3) is 0 Å². The van der Waals surface area contributed by atoms with E-state index in [0.717, 1.165) is 25.5 Å². The molecule has 0 bridgehead atoms. The standard InChI is InChI=1S/C11H15NO2/c1-13-10-4-2-9(3-5-10)11-8-14-7-6-12-11/h2-5,11-12H,6-8H2,1H3/t11-/m1/s1. The zero-order valence-electron chi connectivity index (χ0n) is 8.32. The molecule has 1 fully saturated rings. The second kappa shape index (κ2) is 4.44. The summed E-state index contributed by atoms with van der Waals surface area (Å²) in [5, 5.41) is 3.41. The molecule has 1 aromatic rings. The van der Waals surface area contributed by atoms with Gasteiger partial charge in [-0.05, 0) is 17.7 Å². The lowest BCUT2D eigenvalue weighted by molar-refractivity contribution is 0.0768. The van der Waals surface area contributed by atoms with Gasteiger partial charge in [-0.2, -0.15) is 0 Å². The van der Waals surface area contributed by atoms with Crippen molar-refractivity contribution in [3.05, 3.63) is 29.8 Å². The van der Waals surface area contributed by atoms with E-state index in [-0.39, 0.29) is 0 Å². The van der Waals surface area contributed by atoms with Crippen LogP contribution < -0.4 is 10.1 Å². The predicted molar refractivity (Wildman–Crippen MR) is 54.6 cm³/mol. The van der Waals surface area contributed by atoms with E-state index in [2.05, 4.69) is 17.4 Å². The van der Waals surface area contributed by atoms with Gasteiger partial charge in [0.15, 0.2) is 0 Å². The quantitative estimate of drug-likeness (QED) is 0.769. The molecule has 3 heteroatoms. The monoisotopic (exact) mass is 193 g/mol. The molecule has 14 heavy (non-hydrogen) atoms. The zero-order chi connectivity index (χ0) is 9.80.